The third-order valence-electron chi connectivity index (χ3n) is 6.50. The van der Waals surface area contributed by atoms with Gasteiger partial charge in [0, 0.05) is 23.1 Å². The summed E-state index contributed by atoms with van der Waals surface area (Å²) in [6.45, 7) is 7.07. The van der Waals surface area contributed by atoms with Crippen molar-refractivity contribution in [2.75, 3.05) is 31.7 Å². The molecule has 1 atom stereocenters. The molecule has 1 N–H and O–H groups in total. The number of anilines is 1. The smallest absolute Gasteiger partial charge is 0.264 e. The standard InChI is InChI=1S/C31H38BrN3O7S/c1-7-42-26-13-11-25(12-14-26)35(43(38,39)27-15-16-28(40-5)29(18-27)41-6)20-30(36)34(22(4)31(37)33-21(2)3)19-23-9-8-10-24(32)17-23/h8-18,21-22H,7,19-20H2,1-6H3,(H,33,37)/t22-/m0/s1. The van der Waals surface area contributed by atoms with Crippen LogP contribution < -0.4 is 23.8 Å². The van der Waals surface area contributed by atoms with Gasteiger partial charge in [-0.2, -0.15) is 0 Å². The van der Waals surface area contributed by atoms with Crippen molar-refractivity contribution < 1.29 is 32.2 Å². The Morgan fingerprint density at radius 1 is 0.930 bits per heavy atom. The Labute approximate surface area is 262 Å². The van der Waals surface area contributed by atoms with Crippen molar-refractivity contribution >= 4 is 43.5 Å². The molecule has 0 aliphatic rings. The van der Waals surface area contributed by atoms with Gasteiger partial charge in [-0.25, -0.2) is 8.42 Å². The minimum absolute atomic E-state index is 0.0818. The Hall–Kier alpha value is -3.77. The van der Waals surface area contributed by atoms with Crippen LogP contribution in [0.3, 0.4) is 0 Å². The Bertz CT molecular complexity index is 1510. The summed E-state index contributed by atoms with van der Waals surface area (Å²) >= 11 is 3.45. The number of hydrogen-bond acceptors (Lipinski definition) is 7. The first-order valence-corrected chi connectivity index (χ1v) is 16.0. The van der Waals surface area contributed by atoms with E-state index < -0.39 is 28.5 Å². The van der Waals surface area contributed by atoms with Gasteiger partial charge in [0.2, 0.25) is 11.8 Å². The van der Waals surface area contributed by atoms with Gasteiger partial charge in [0.15, 0.2) is 11.5 Å². The van der Waals surface area contributed by atoms with Crippen molar-refractivity contribution in [1.29, 1.82) is 0 Å². The van der Waals surface area contributed by atoms with Gasteiger partial charge in [0.05, 0.1) is 31.4 Å². The molecule has 0 heterocycles. The van der Waals surface area contributed by atoms with E-state index in [4.69, 9.17) is 14.2 Å². The Kier molecular flexibility index (Phi) is 11.8. The maximum absolute atomic E-state index is 14.2. The number of carbonyl (C=O) groups is 2. The van der Waals surface area contributed by atoms with Crippen molar-refractivity contribution in [2.45, 2.75) is 51.2 Å². The van der Waals surface area contributed by atoms with Crippen LogP contribution in [-0.2, 0) is 26.2 Å². The number of nitrogens with one attached hydrogen (secondary N) is 1. The van der Waals surface area contributed by atoms with Crippen molar-refractivity contribution in [3.63, 3.8) is 0 Å². The van der Waals surface area contributed by atoms with Crippen molar-refractivity contribution in [2.24, 2.45) is 0 Å². The number of methoxy groups -OCH3 is 2. The van der Waals surface area contributed by atoms with Crippen LogP contribution in [0.5, 0.6) is 17.2 Å². The molecule has 232 valence electrons. The van der Waals surface area contributed by atoms with Crippen LogP contribution >= 0.6 is 15.9 Å². The molecule has 10 nitrogen and oxygen atoms in total. The van der Waals surface area contributed by atoms with Crippen LogP contribution in [0, 0.1) is 0 Å². The highest BCUT2D eigenvalue weighted by Crippen LogP contribution is 2.33. The Morgan fingerprint density at radius 2 is 1.60 bits per heavy atom. The largest absolute Gasteiger partial charge is 0.494 e. The zero-order valence-corrected chi connectivity index (χ0v) is 27.6. The molecule has 3 aromatic rings. The summed E-state index contributed by atoms with van der Waals surface area (Å²) in [5.41, 5.74) is 1.01. The number of hydrogen-bond donors (Lipinski definition) is 1. The summed E-state index contributed by atoms with van der Waals surface area (Å²) in [5, 5.41) is 2.84. The molecule has 0 aliphatic heterocycles. The second kappa shape index (κ2) is 15.1. The lowest BCUT2D eigenvalue weighted by Crippen LogP contribution is -2.52. The molecule has 0 unspecified atom stereocenters. The molecule has 3 aromatic carbocycles. The predicted molar refractivity (Wildman–Crippen MR) is 169 cm³/mol. The number of carbonyl (C=O) groups excluding carboxylic acids is 2. The number of sulfonamides is 1. The Balaban J connectivity index is 2.08. The maximum Gasteiger partial charge on any atom is 0.264 e. The van der Waals surface area contributed by atoms with Crippen LogP contribution in [-0.4, -0.2) is 64.6 Å². The molecule has 0 bridgehead atoms. The lowest BCUT2D eigenvalue weighted by Gasteiger charge is -2.32. The zero-order valence-electron chi connectivity index (χ0n) is 25.2. The molecule has 43 heavy (non-hydrogen) atoms. The van der Waals surface area contributed by atoms with Crippen molar-refractivity contribution in [1.82, 2.24) is 10.2 Å². The molecule has 12 heteroatoms. The first-order chi connectivity index (χ1) is 20.4. The van der Waals surface area contributed by atoms with Crippen molar-refractivity contribution in [3.8, 4) is 17.2 Å². The lowest BCUT2D eigenvalue weighted by molar-refractivity contribution is -0.139. The second-order valence-electron chi connectivity index (χ2n) is 9.95. The molecule has 0 aromatic heterocycles. The van der Waals surface area contributed by atoms with Gasteiger partial charge in [0.1, 0.15) is 18.3 Å². The molecular weight excluding hydrogens is 638 g/mol. The van der Waals surface area contributed by atoms with E-state index in [2.05, 4.69) is 21.2 Å². The average Bonchev–Trinajstić information content (AvgIpc) is 2.98. The van der Waals surface area contributed by atoms with Gasteiger partial charge in [-0.05, 0) is 81.8 Å². The van der Waals surface area contributed by atoms with E-state index in [0.717, 1.165) is 14.3 Å². The van der Waals surface area contributed by atoms with E-state index in [0.29, 0.717) is 18.1 Å². The van der Waals surface area contributed by atoms with Crippen LogP contribution in [0.4, 0.5) is 5.69 Å². The monoisotopic (exact) mass is 675 g/mol. The van der Waals surface area contributed by atoms with Crippen molar-refractivity contribution in [3.05, 3.63) is 76.8 Å². The minimum Gasteiger partial charge on any atom is -0.494 e. The van der Waals surface area contributed by atoms with E-state index in [9.17, 15) is 18.0 Å². The van der Waals surface area contributed by atoms with Gasteiger partial charge < -0.3 is 24.4 Å². The molecule has 0 fully saturated rings. The number of amides is 2. The normalized spacial score (nSPS) is 11.9. The van der Waals surface area contributed by atoms with E-state index in [-0.39, 0.29) is 34.8 Å². The number of benzene rings is 3. The van der Waals surface area contributed by atoms with Gasteiger partial charge >= 0.3 is 0 Å². The first kappa shape index (κ1) is 33.7. The third-order valence-corrected chi connectivity index (χ3v) is 8.76. The van der Waals surface area contributed by atoms with Crippen LogP contribution in [0.2, 0.25) is 0 Å². The molecule has 0 saturated carbocycles. The minimum atomic E-state index is -4.31. The summed E-state index contributed by atoms with van der Waals surface area (Å²) in [6, 6.07) is 17.0. The summed E-state index contributed by atoms with van der Waals surface area (Å²) in [4.78, 5) is 28.4. The summed E-state index contributed by atoms with van der Waals surface area (Å²) in [5.74, 6) is 0.210. The van der Waals surface area contributed by atoms with E-state index in [1.165, 1.54) is 37.3 Å². The molecule has 3 rings (SSSR count). The SMILES string of the molecule is CCOc1ccc(N(CC(=O)N(Cc2cccc(Br)c2)[C@@H](C)C(=O)NC(C)C)S(=O)(=O)c2ccc(OC)c(OC)c2)cc1. The molecule has 0 radical (unpaired) electrons. The molecular formula is C31H38BrN3O7S. The van der Waals surface area contributed by atoms with Crippen LogP contribution in [0.25, 0.3) is 0 Å². The highest BCUT2D eigenvalue weighted by Gasteiger charge is 2.33. The number of halogens is 1. The Morgan fingerprint density at radius 3 is 2.19 bits per heavy atom. The fraction of sp³-hybridized carbons (Fsp3) is 0.355. The molecule has 0 aliphatic carbocycles. The zero-order chi connectivity index (χ0) is 31.7. The highest BCUT2D eigenvalue weighted by atomic mass is 79.9. The van der Waals surface area contributed by atoms with Gasteiger partial charge in [-0.3, -0.25) is 13.9 Å². The summed E-state index contributed by atoms with van der Waals surface area (Å²) < 4.78 is 46.3. The topological polar surface area (TPSA) is 114 Å². The molecule has 0 saturated heterocycles. The summed E-state index contributed by atoms with van der Waals surface area (Å²) in [6.07, 6.45) is 0. The fourth-order valence-electron chi connectivity index (χ4n) is 4.33. The number of nitrogens with zero attached hydrogens (tertiary/aromatic N) is 2. The second-order valence-corrected chi connectivity index (χ2v) is 12.7. The van der Waals surface area contributed by atoms with Gasteiger partial charge in [-0.15, -0.1) is 0 Å². The third kappa shape index (κ3) is 8.64. The van der Waals surface area contributed by atoms with E-state index in [1.807, 2.05) is 45.0 Å². The highest BCUT2D eigenvalue weighted by molar-refractivity contribution is 9.10. The number of rotatable bonds is 14. The molecule has 0 spiro atoms. The van der Waals surface area contributed by atoms with Gasteiger partial charge in [-0.1, -0.05) is 28.1 Å². The molecule has 2 amide bonds. The average molecular weight is 677 g/mol. The fourth-order valence-corrected chi connectivity index (χ4v) is 6.20. The summed E-state index contributed by atoms with van der Waals surface area (Å²) in [7, 11) is -1.45. The van der Waals surface area contributed by atoms with Crippen LogP contribution in [0.1, 0.15) is 33.3 Å². The predicted octanol–water partition coefficient (Wildman–Crippen LogP) is 5.00. The van der Waals surface area contributed by atoms with Crippen LogP contribution in [0.15, 0.2) is 76.1 Å². The quantitative estimate of drug-likeness (QED) is 0.256. The number of ether oxygens (including phenoxy) is 3. The van der Waals surface area contributed by atoms with Gasteiger partial charge in [0.25, 0.3) is 10.0 Å². The van der Waals surface area contributed by atoms with E-state index >= 15 is 0 Å². The first-order valence-electron chi connectivity index (χ1n) is 13.7. The maximum atomic E-state index is 14.2. The van der Waals surface area contributed by atoms with E-state index in [1.54, 1.807) is 31.2 Å². The lowest BCUT2D eigenvalue weighted by atomic mass is 10.1.